The third-order valence-corrected chi connectivity index (χ3v) is 1.44. The molecule has 0 saturated carbocycles. The first-order valence-corrected chi connectivity index (χ1v) is 3.25. The summed E-state index contributed by atoms with van der Waals surface area (Å²) in [5.74, 6) is 0.540. The molecule has 0 saturated heterocycles. The summed E-state index contributed by atoms with van der Waals surface area (Å²) in [4.78, 5) is 0. The molecular weight excluding hydrogens is 160 g/mol. The van der Waals surface area contributed by atoms with Gasteiger partial charge in [-0.2, -0.15) is 0 Å². The SMILES string of the molecule is COc1ccc(N([O-])O)c(N)c1. The maximum absolute atomic E-state index is 10.4. The number of anilines is 2. The molecule has 3 N–H and O–H groups in total. The number of nitrogen functional groups attached to an aromatic ring is 1. The van der Waals surface area contributed by atoms with Crippen LogP contribution in [-0.4, -0.2) is 12.3 Å². The van der Waals surface area contributed by atoms with E-state index in [1.54, 1.807) is 0 Å². The fraction of sp³-hybridized carbons (Fsp3) is 0.143. The molecule has 0 spiro atoms. The van der Waals surface area contributed by atoms with Gasteiger partial charge in [0.05, 0.1) is 18.5 Å². The summed E-state index contributed by atoms with van der Waals surface area (Å²) < 4.78 is 4.85. The molecule has 0 aliphatic carbocycles. The maximum Gasteiger partial charge on any atom is 0.121 e. The molecule has 0 aliphatic rings. The van der Waals surface area contributed by atoms with Gasteiger partial charge in [0.25, 0.3) is 0 Å². The van der Waals surface area contributed by atoms with Crippen LogP contribution in [0.25, 0.3) is 0 Å². The third-order valence-electron chi connectivity index (χ3n) is 1.44. The number of benzene rings is 1. The molecule has 0 atom stereocenters. The minimum absolute atomic E-state index is 0.0100. The molecule has 5 heteroatoms. The minimum atomic E-state index is -0.283. The van der Waals surface area contributed by atoms with Crippen molar-refractivity contribution < 1.29 is 9.94 Å². The first-order chi connectivity index (χ1) is 5.65. The molecule has 0 unspecified atom stereocenters. The normalized spacial score (nSPS) is 9.58. The largest absolute Gasteiger partial charge is 0.733 e. The van der Waals surface area contributed by atoms with Gasteiger partial charge in [-0.05, 0) is 12.1 Å². The predicted octanol–water partition coefficient (Wildman–Crippen LogP) is 0.971. The molecule has 0 aromatic heterocycles. The lowest BCUT2D eigenvalue weighted by atomic mass is 10.2. The van der Waals surface area contributed by atoms with E-state index in [9.17, 15) is 5.21 Å². The van der Waals surface area contributed by atoms with E-state index >= 15 is 0 Å². The Labute approximate surface area is 69.5 Å². The zero-order valence-corrected chi connectivity index (χ0v) is 6.52. The van der Waals surface area contributed by atoms with E-state index in [4.69, 9.17) is 15.7 Å². The fourth-order valence-electron chi connectivity index (χ4n) is 0.834. The van der Waals surface area contributed by atoms with Crippen LogP contribution in [0, 0.1) is 5.21 Å². The number of rotatable bonds is 2. The summed E-state index contributed by atoms with van der Waals surface area (Å²) in [6.45, 7) is 0. The Balaban J connectivity index is 3.03. The highest BCUT2D eigenvalue weighted by molar-refractivity contribution is 5.68. The van der Waals surface area contributed by atoms with Crippen molar-refractivity contribution in [1.29, 1.82) is 0 Å². The second-order valence-electron chi connectivity index (χ2n) is 2.20. The van der Waals surface area contributed by atoms with E-state index in [1.165, 1.54) is 25.3 Å². The van der Waals surface area contributed by atoms with Gasteiger partial charge >= 0.3 is 0 Å². The van der Waals surface area contributed by atoms with Crippen molar-refractivity contribution in [3.63, 3.8) is 0 Å². The van der Waals surface area contributed by atoms with Crippen LogP contribution in [-0.2, 0) is 0 Å². The quantitative estimate of drug-likeness (QED) is 0.509. The number of nitrogens with two attached hydrogens (primary N) is 1. The fourth-order valence-corrected chi connectivity index (χ4v) is 0.834. The van der Waals surface area contributed by atoms with E-state index in [-0.39, 0.29) is 16.6 Å². The molecule has 1 rings (SSSR count). The smallest absolute Gasteiger partial charge is 0.121 e. The zero-order chi connectivity index (χ0) is 9.14. The lowest BCUT2D eigenvalue weighted by molar-refractivity contribution is 0.297. The van der Waals surface area contributed by atoms with Crippen LogP contribution < -0.4 is 15.7 Å². The Bertz CT molecular complexity index is 275. The number of nitrogens with zero attached hydrogens (tertiary/aromatic N) is 1. The molecule has 1 aromatic carbocycles. The van der Waals surface area contributed by atoms with Gasteiger partial charge in [-0.3, -0.25) is 5.21 Å². The van der Waals surface area contributed by atoms with E-state index in [2.05, 4.69) is 0 Å². The molecule has 0 heterocycles. The second kappa shape index (κ2) is 3.29. The van der Waals surface area contributed by atoms with Crippen molar-refractivity contribution in [2.75, 3.05) is 18.1 Å². The van der Waals surface area contributed by atoms with Crippen molar-refractivity contribution in [1.82, 2.24) is 0 Å². The molecule has 0 radical (unpaired) electrons. The van der Waals surface area contributed by atoms with Crippen LogP contribution in [0.1, 0.15) is 0 Å². The van der Waals surface area contributed by atoms with Crippen molar-refractivity contribution in [2.45, 2.75) is 0 Å². The van der Waals surface area contributed by atoms with E-state index < -0.39 is 0 Å². The van der Waals surface area contributed by atoms with Crippen LogP contribution >= 0.6 is 0 Å². The summed E-state index contributed by atoms with van der Waals surface area (Å²) in [5.41, 5.74) is 5.60. The molecule has 5 nitrogen and oxygen atoms in total. The van der Waals surface area contributed by atoms with Gasteiger partial charge in [-0.15, -0.1) is 0 Å². The summed E-state index contributed by atoms with van der Waals surface area (Å²) in [7, 11) is 1.49. The molecule has 1 aromatic rings. The van der Waals surface area contributed by atoms with Crippen LogP contribution in [0.3, 0.4) is 0 Å². The molecule has 0 bridgehead atoms. The van der Waals surface area contributed by atoms with Crippen molar-refractivity contribution in [2.24, 2.45) is 0 Å². The molecule has 0 amide bonds. The number of ether oxygens (including phenoxy) is 1. The molecule has 12 heavy (non-hydrogen) atoms. The van der Waals surface area contributed by atoms with Crippen LogP contribution in [0.4, 0.5) is 11.4 Å². The molecule has 0 aliphatic heterocycles. The number of hydrogen-bond donors (Lipinski definition) is 2. The van der Waals surface area contributed by atoms with Crippen molar-refractivity contribution in [3.05, 3.63) is 23.4 Å². The highest BCUT2D eigenvalue weighted by Crippen LogP contribution is 2.25. The van der Waals surface area contributed by atoms with Crippen LogP contribution in [0.5, 0.6) is 5.75 Å². The Morgan fingerprint density at radius 2 is 2.25 bits per heavy atom. The maximum atomic E-state index is 10.4. The highest BCUT2D eigenvalue weighted by atomic mass is 16.8. The van der Waals surface area contributed by atoms with Gasteiger partial charge in [0, 0.05) is 6.07 Å². The Kier molecular flexibility index (Phi) is 2.37. The van der Waals surface area contributed by atoms with Gasteiger partial charge in [-0.25, -0.2) is 0 Å². The highest BCUT2D eigenvalue weighted by Gasteiger charge is 2.00. The molecule has 66 valence electrons. The summed E-state index contributed by atoms with van der Waals surface area (Å²) in [6, 6.07) is 4.37. The third kappa shape index (κ3) is 1.58. The summed E-state index contributed by atoms with van der Waals surface area (Å²) >= 11 is 0. The molecule has 0 fully saturated rings. The average molecular weight is 169 g/mol. The van der Waals surface area contributed by atoms with Gasteiger partial charge in [0.2, 0.25) is 0 Å². The molecular formula is C7H9N2O3-. The average Bonchev–Trinajstić information content (AvgIpc) is 2.03. The van der Waals surface area contributed by atoms with Crippen LogP contribution in [0.2, 0.25) is 0 Å². The monoisotopic (exact) mass is 169 g/mol. The summed E-state index contributed by atoms with van der Waals surface area (Å²) in [5, 5.41) is 18.7. The van der Waals surface area contributed by atoms with Crippen LogP contribution in [0.15, 0.2) is 18.2 Å². The minimum Gasteiger partial charge on any atom is -0.733 e. The summed E-state index contributed by atoms with van der Waals surface area (Å²) in [6.07, 6.45) is 0. The van der Waals surface area contributed by atoms with E-state index in [0.29, 0.717) is 5.75 Å². The van der Waals surface area contributed by atoms with E-state index in [0.717, 1.165) is 0 Å². The standard InChI is InChI=1S/C7H9N2O3/c1-12-5-2-3-7(9(10)11)6(8)4-5/h2-4,10H,8H2,1H3/q-1. The van der Waals surface area contributed by atoms with Crippen molar-refractivity contribution >= 4 is 11.4 Å². The first-order valence-electron chi connectivity index (χ1n) is 3.25. The van der Waals surface area contributed by atoms with Crippen molar-refractivity contribution in [3.8, 4) is 5.75 Å². The predicted molar refractivity (Wildman–Crippen MR) is 45.0 cm³/mol. The van der Waals surface area contributed by atoms with Gasteiger partial charge in [-0.1, -0.05) is 0 Å². The van der Waals surface area contributed by atoms with Gasteiger partial charge in [0.1, 0.15) is 5.75 Å². The lowest BCUT2D eigenvalue weighted by Gasteiger charge is -2.23. The van der Waals surface area contributed by atoms with Gasteiger partial charge in [0.15, 0.2) is 0 Å². The lowest BCUT2D eigenvalue weighted by Crippen LogP contribution is -2.09. The Morgan fingerprint density at radius 1 is 1.58 bits per heavy atom. The number of methoxy groups -OCH3 is 1. The number of hydrogen-bond acceptors (Lipinski definition) is 5. The van der Waals surface area contributed by atoms with E-state index in [1.807, 2.05) is 0 Å². The zero-order valence-electron chi connectivity index (χ0n) is 6.52. The Morgan fingerprint density at radius 3 is 2.67 bits per heavy atom. The second-order valence-corrected chi connectivity index (χ2v) is 2.20. The van der Waals surface area contributed by atoms with Gasteiger partial charge < -0.3 is 20.9 Å². The topological polar surface area (TPSA) is 81.8 Å². The first kappa shape index (κ1) is 8.63. The Hall–Kier alpha value is -1.46.